The molecule has 0 aliphatic rings. The van der Waals surface area contributed by atoms with Crippen molar-refractivity contribution in [3.05, 3.63) is 41.8 Å². The summed E-state index contributed by atoms with van der Waals surface area (Å²) in [5, 5.41) is 9.25. The summed E-state index contributed by atoms with van der Waals surface area (Å²) in [6, 6.07) is 11.0. The van der Waals surface area contributed by atoms with Crippen LogP contribution in [-0.2, 0) is 4.74 Å². The number of anilines is 4. The largest absolute Gasteiger partial charge is 0.493 e. The van der Waals surface area contributed by atoms with E-state index in [0.29, 0.717) is 39.6 Å². The lowest BCUT2D eigenvalue weighted by Gasteiger charge is -2.14. The summed E-state index contributed by atoms with van der Waals surface area (Å²) in [5.74, 6) is 1.91. The van der Waals surface area contributed by atoms with E-state index in [1.54, 1.807) is 53.4 Å². The molecule has 2 aromatic carbocycles. The quantitative estimate of drug-likeness (QED) is 0.225. The predicted octanol–water partition coefficient (Wildman–Crippen LogP) is 6.24. The highest BCUT2D eigenvalue weighted by atomic mass is 32.1. The number of nitrogens with two attached hydrogens (primary N) is 1. The van der Waals surface area contributed by atoms with E-state index >= 15 is 0 Å². The van der Waals surface area contributed by atoms with Gasteiger partial charge in [0.1, 0.15) is 15.7 Å². The smallest absolute Gasteiger partial charge is 0.411 e. The summed E-state index contributed by atoms with van der Waals surface area (Å²) in [6.07, 6.45) is -0.710. The number of nitrogens with one attached hydrogen (secondary N) is 2. The van der Waals surface area contributed by atoms with E-state index in [1.807, 2.05) is 23.6 Å². The first-order chi connectivity index (χ1) is 17.8. The van der Waals surface area contributed by atoms with Crippen LogP contribution in [0, 0.1) is 0 Å². The fourth-order valence-corrected chi connectivity index (χ4v) is 5.28. The van der Waals surface area contributed by atoms with Crippen molar-refractivity contribution >= 4 is 51.1 Å². The van der Waals surface area contributed by atoms with Gasteiger partial charge in [0, 0.05) is 34.5 Å². The molecular weight excluding hydrogens is 514 g/mol. The van der Waals surface area contributed by atoms with Crippen molar-refractivity contribution in [1.29, 1.82) is 0 Å². The fraction of sp³-hybridized carbons (Fsp3) is 0.240. The Labute approximate surface area is 222 Å². The fourth-order valence-electron chi connectivity index (χ4n) is 3.44. The van der Waals surface area contributed by atoms with Crippen molar-refractivity contribution in [2.45, 2.75) is 20.0 Å². The molecule has 0 aliphatic heterocycles. The van der Waals surface area contributed by atoms with Crippen LogP contribution in [0.2, 0.25) is 0 Å². The van der Waals surface area contributed by atoms with Crippen LogP contribution in [0.15, 0.2) is 41.8 Å². The van der Waals surface area contributed by atoms with Crippen molar-refractivity contribution in [2.75, 3.05) is 37.7 Å². The third kappa shape index (κ3) is 6.04. The standard InChI is InChI=1S/C25H27N5O5S2/c1-13(2)35-25(31)28-15-8-6-7-14(9-15)17-12-36-23(29-17)21-22(26)30-24(37-21)27-16-10-18(32-3)20(34-5)19(11-16)33-4/h6-13H,26H2,1-5H3,(H,27,30)(H,28,31). The molecule has 0 atom stereocenters. The molecule has 2 aromatic heterocycles. The molecule has 4 N–H and O–H groups in total. The maximum absolute atomic E-state index is 11.9. The molecule has 0 saturated carbocycles. The Morgan fingerprint density at radius 1 is 1.00 bits per heavy atom. The number of carbonyl (C=O) groups excluding carboxylic acids is 1. The Morgan fingerprint density at radius 2 is 1.73 bits per heavy atom. The Bertz CT molecular complexity index is 1380. The van der Waals surface area contributed by atoms with Crippen LogP contribution in [0.25, 0.3) is 21.1 Å². The molecule has 4 aromatic rings. The van der Waals surface area contributed by atoms with Crippen LogP contribution < -0.4 is 30.6 Å². The van der Waals surface area contributed by atoms with Gasteiger partial charge in [0.2, 0.25) is 5.75 Å². The van der Waals surface area contributed by atoms with E-state index in [1.165, 1.54) is 22.7 Å². The zero-order valence-electron chi connectivity index (χ0n) is 20.9. The number of hydrogen-bond acceptors (Lipinski definition) is 11. The minimum atomic E-state index is -0.504. The molecule has 0 bridgehead atoms. The molecule has 0 spiro atoms. The number of nitrogens with zero attached hydrogens (tertiary/aromatic N) is 2. The topological polar surface area (TPSA) is 130 Å². The van der Waals surface area contributed by atoms with Crippen molar-refractivity contribution in [1.82, 2.24) is 9.97 Å². The van der Waals surface area contributed by atoms with Gasteiger partial charge in [0.15, 0.2) is 16.6 Å². The van der Waals surface area contributed by atoms with Crippen molar-refractivity contribution < 1.29 is 23.7 Å². The molecule has 12 heteroatoms. The van der Waals surface area contributed by atoms with Gasteiger partial charge in [0.25, 0.3) is 0 Å². The third-order valence-electron chi connectivity index (χ3n) is 5.02. The molecule has 4 rings (SSSR count). The second-order valence-corrected chi connectivity index (χ2v) is 9.83. The highest BCUT2D eigenvalue weighted by molar-refractivity contribution is 7.23. The van der Waals surface area contributed by atoms with Crippen LogP contribution in [0.4, 0.5) is 27.1 Å². The summed E-state index contributed by atoms with van der Waals surface area (Å²) >= 11 is 2.84. The van der Waals surface area contributed by atoms with Crippen molar-refractivity contribution in [2.24, 2.45) is 0 Å². The summed E-state index contributed by atoms with van der Waals surface area (Å²) < 4.78 is 21.4. The minimum Gasteiger partial charge on any atom is -0.493 e. The molecule has 194 valence electrons. The highest BCUT2D eigenvalue weighted by Crippen LogP contribution is 2.43. The van der Waals surface area contributed by atoms with Crippen molar-refractivity contribution in [3.63, 3.8) is 0 Å². The minimum absolute atomic E-state index is 0.206. The molecule has 10 nitrogen and oxygen atoms in total. The van der Waals surface area contributed by atoms with Crippen molar-refractivity contribution in [3.8, 4) is 38.4 Å². The molecule has 2 heterocycles. The normalized spacial score (nSPS) is 10.8. The number of amides is 1. The monoisotopic (exact) mass is 541 g/mol. The van der Waals surface area contributed by atoms with Crippen LogP contribution in [0.1, 0.15) is 13.8 Å². The lowest BCUT2D eigenvalue weighted by molar-refractivity contribution is 0.130. The summed E-state index contributed by atoms with van der Waals surface area (Å²) in [6.45, 7) is 3.59. The molecule has 0 radical (unpaired) electrons. The van der Waals surface area contributed by atoms with Gasteiger partial charge >= 0.3 is 6.09 Å². The Hall–Kier alpha value is -4.03. The maximum atomic E-state index is 11.9. The first kappa shape index (κ1) is 26.0. The molecule has 0 saturated heterocycles. The second-order valence-electron chi connectivity index (χ2n) is 7.97. The Morgan fingerprint density at radius 3 is 2.38 bits per heavy atom. The molecule has 37 heavy (non-hydrogen) atoms. The SMILES string of the molecule is COc1cc(Nc2nc(N)c(-c3nc(-c4cccc(NC(=O)OC(C)C)c4)cs3)s2)cc(OC)c1OC. The van der Waals surface area contributed by atoms with Crippen LogP contribution in [-0.4, -0.2) is 43.5 Å². The number of thiazole rings is 2. The maximum Gasteiger partial charge on any atom is 0.411 e. The van der Waals surface area contributed by atoms with E-state index < -0.39 is 6.09 Å². The van der Waals surface area contributed by atoms with Gasteiger partial charge in [0.05, 0.1) is 33.1 Å². The van der Waals surface area contributed by atoms with Gasteiger partial charge in [-0.15, -0.1) is 11.3 Å². The summed E-state index contributed by atoms with van der Waals surface area (Å²) in [7, 11) is 4.67. The molecule has 0 fully saturated rings. The van der Waals surface area contributed by atoms with Crippen LogP contribution in [0.3, 0.4) is 0 Å². The summed E-state index contributed by atoms with van der Waals surface area (Å²) in [5.41, 5.74) is 9.18. The van der Waals surface area contributed by atoms with E-state index in [0.717, 1.165) is 21.1 Å². The van der Waals surface area contributed by atoms with E-state index in [2.05, 4.69) is 15.6 Å². The molecule has 0 aliphatic carbocycles. The number of rotatable bonds is 9. The van der Waals surface area contributed by atoms with Gasteiger partial charge in [-0.25, -0.2) is 14.8 Å². The number of methoxy groups -OCH3 is 3. The van der Waals surface area contributed by atoms with Gasteiger partial charge in [-0.2, -0.15) is 0 Å². The summed E-state index contributed by atoms with van der Waals surface area (Å²) in [4.78, 5) is 21.9. The Balaban J connectivity index is 1.54. The highest BCUT2D eigenvalue weighted by Gasteiger charge is 2.18. The average molecular weight is 542 g/mol. The lowest BCUT2D eigenvalue weighted by Crippen LogP contribution is -2.17. The Kier molecular flexibility index (Phi) is 7.99. The van der Waals surface area contributed by atoms with E-state index in [4.69, 9.17) is 29.7 Å². The first-order valence-electron chi connectivity index (χ1n) is 11.2. The second kappa shape index (κ2) is 11.4. The van der Waals surface area contributed by atoms with Gasteiger partial charge in [-0.3, -0.25) is 5.32 Å². The van der Waals surface area contributed by atoms with Crippen LogP contribution in [0.5, 0.6) is 17.2 Å². The van der Waals surface area contributed by atoms with Gasteiger partial charge in [-0.05, 0) is 26.0 Å². The van der Waals surface area contributed by atoms with Crippen LogP contribution >= 0.6 is 22.7 Å². The molecule has 1 amide bonds. The number of carbonyl (C=O) groups is 1. The first-order valence-corrected chi connectivity index (χ1v) is 12.9. The zero-order valence-corrected chi connectivity index (χ0v) is 22.6. The predicted molar refractivity (Wildman–Crippen MR) is 148 cm³/mol. The van der Waals surface area contributed by atoms with Gasteiger partial charge in [-0.1, -0.05) is 23.5 Å². The number of nitrogen functional groups attached to an aromatic ring is 1. The number of benzene rings is 2. The molecular formula is C25H27N5O5S2. The van der Waals surface area contributed by atoms with E-state index in [9.17, 15) is 4.79 Å². The van der Waals surface area contributed by atoms with Gasteiger partial charge < -0.3 is 30.0 Å². The molecule has 0 unspecified atom stereocenters. The lowest BCUT2D eigenvalue weighted by atomic mass is 10.1. The zero-order chi connectivity index (χ0) is 26.5. The number of hydrogen-bond donors (Lipinski definition) is 3. The third-order valence-corrected chi connectivity index (χ3v) is 7.00. The average Bonchev–Trinajstić information content (AvgIpc) is 3.49. The number of aromatic nitrogens is 2. The van der Waals surface area contributed by atoms with E-state index in [-0.39, 0.29) is 6.10 Å². The number of ether oxygens (including phenoxy) is 4.